The molecule has 0 spiro atoms. The van der Waals surface area contributed by atoms with Crippen LogP contribution >= 0.6 is 12.2 Å². The summed E-state index contributed by atoms with van der Waals surface area (Å²) >= 11 is 5.22. The Morgan fingerprint density at radius 2 is 2.08 bits per heavy atom. The predicted molar refractivity (Wildman–Crippen MR) is 99.3 cm³/mol. The number of nitrogens with one attached hydrogen (secondary N) is 2. The lowest BCUT2D eigenvalue weighted by atomic mass is 10.1. The van der Waals surface area contributed by atoms with E-state index in [4.69, 9.17) is 12.2 Å². The SMILES string of the molecule is Cc1cccc(-c2n[nH]c(=S)n2CC(=O)Nc2cccc([N+](=O)[O-])c2)c1. The summed E-state index contributed by atoms with van der Waals surface area (Å²) in [5.41, 5.74) is 2.14. The molecule has 3 aromatic rings. The van der Waals surface area contributed by atoms with E-state index >= 15 is 0 Å². The normalized spacial score (nSPS) is 10.5. The zero-order valence-corrected chi connectivity index (χ0v) is 14.6. The Balaban J connectivity index is 1.82. The number of anilines is 1. The van der Waals surface area contributed by atoms with Crippen molar-refractivity contribution >= 4 is 29.5 Å². The van der Waals surface area contributed by atoms with Crippen LogP contribution in [0.15, 0.2) is 48.5 Å². The van der Waals surface area contributed by atoms with Gasteiger partial charge >= 0.3 is 0 Å². The fourth-order valence-corrected chi connectivity index (χ4v) is 2.71. The summed E-state index contributed by atoms with van der Waals surface area (Å²) in [6.45, 7) is 1.89. The average Bonchev–Trinajstić information content (AvgIpc) is 2.95. The van der Waals surface area contributed by atoms with Gasteiger partial charge in [0.15, 0.2) is 10.6 Å². The molecule has 0 unspecified atom stereocenters. The molecule has 1 aromatic heterocycles. The van der Waals surface area contributed by atoms with E-state index < -0.39 is 4.92 Å². The van der Waals surface area contributed by atoms with Crippen LogP contribution in [0.4, 0.5) is 11.4 Å². The Kier molecular flexibility index (Phi) is 4.90. The van der Waals surface area contributed by atoms with Crippen molar-refractivity contribution in [2.24, 2.45) is 0 Å². The highest BCUT2D eigenvalue weighted by atomic mass is 32.1. The van der Waals surface area contributed by atoms with E-state index in [9.17, 15) is 14.9 Å². The van der Waals surface area contributed by atoms with Crippen molar-refractivity contribution in [2.45, 2.75) is 13.5 Å². The number of aromatic amines is 1. The van der Waals surface area contributed by atoms with Crippen LogP contribution in [0.5, 0.6) is 0 Å². The highest BCUT2D eigenvalue weighted by molar-refractivity contribution is 7.71. The fourth-order valence-electron chi connectivity index (χ4n) is 2.51. The summed E-state index contributed by atoms with van der Waals surface area (Å²) in [6, 6.07) is 13.4. The van der Waals surface area contributed by atoms with Gasteiger partial charge in [-0.3, -0.25) is 24.6 Å². The van der Waals surface area contributed by atoms with E-state index in [0.29, 0.717) is 16.3 Å². The number of hydrogen-bond donors (Lipinski definition) is 2. The minimum Gasteiger partial charge on any atom is -0.324 e. The van der Waals surface area contributed by atoms with Gasteiger partial charge in [-0.05, 0) is 31.3 Å². The van der Waals surface area contributed by atoms with Crippen LogP contribution in [0.2, 0.25) is 0 Å². The Hall–Kier alpha value is -3.33. The lowest BCUT2D eigenvalue weighted by Gasteiger charge is -2.08. The lowest BCUT2D eigenvalue weighted by molar-refractivity contribution is -0.384. The van der Waals surface area contributed by atoms with Crippen LogP contribution < -0.4 is 5.32 Å². The number of nitro benzene ring substituents is 1. The fraction of sp³-hybridized carbons (Fsp3) is 0.118. The summed E-state index contributed by atoms with van der Waals surface area (Å²) in [7, 11) is 0. The first kappa shape index (κ1) is 17.5. The van der Waals surface area contributed by atoms with Gasteiger partial charge in [-0.1, -0.05) is 29.8 Å². The molecule has 0 saturated carbocycles. The Bertz CT molecular complexity index is 1040. The maximum absolute atomic E-state index is 12.4. The maximum atomic E-state index is 12.4. The van der Waals surface area contributed by atoms with Crippen LogP contribution in [0.25, 0.3) is 11.4 Å². The standard InChI is InChI=1S/C17H15N5O3S/c1-11-4-2-5-12(8-11)16-19-20-17(26)21(16)10-15(23)18-13-6-3-7-14(9-13)22(24)25/h2-9H,10H2,1H3,(H,18,23)(H,20,26). The maximum Gasteiger partial charge on any atom is 0.271 e. The minimum absolute atomic E-state index is 0.0682. The number of rotatable bonds is 5. The molecule has 0 atom stereocenters. The smallest absolute Gasteiger partial charge is 0.271 e. The number of amides is 1. The van der Waals surface area contributed by atoms with Gasteiger partial charge in [0.1, 0.15) is 6.54 Å². The van der Waals surface area contributed by atoms with E-state index in [1.165, 1.54) is 18.2 Å². The third-order valence-electron chi connectivity index (χ3n) is 3.68. The van der Waals surface area contributed by atoms with Gasteiger partial charge in [0.2, 0.25) is 5.91 Å². The van der Waals surface area contributed by atoms with Crippen LogP contribution in [0.1, 0.15) is 5.56 Å². The minimum atomic E-state index is -0.516. The van der Waals surface area contributed by atoms with Crippen LogP contribution in [-0.4, -0.2) is 25.6 Å². The number of non-ortho nitro benzene ring substituents is 1. The first-order valence-corrected chi connectivity index (χ1v) is 8.11. The Labute approximate surface area is 153 Å². The molecule has 0 aliphatic rings. The summed E-state index contributed by atoms with van der Waals surface area (Å²) in [4.78, 5) is 22.7. The number of aromatic nitrogens is 3. The van der Waals surface area contributed by atoms with Gasteiger partial charge in [0.25, 0.3) is 5.69 Å². The summed E-state index contributed by atoms with van der Waals surface area (Å²) in [5.74, 6) is 0.185. The molecule has 1 amide bonds. The summed E-state index contributed by atoms with van der Waals surface area (Å²) in [6.07, 6.45) is 0. The molecule has 0 fully saturated rings. The molecule has 0 saturated heterocycles. The van der Waals surface area contributed by atoms with E-state index in [1.54, 1.807) is 10.6 Å². The quantitative estimate of drug-likeness (QED) is 0.407. The van der Waals surface area contributed by atoms with Crippen molar-refractivity contribution in [1.29, 1.82) is 0 Å². The van der Waals surface area contributed by atoms with Gasteiger partial charge in [-0.25, -0.2) is 0 Å². The third-order valence-corrected chi connectivity index (χ3v) is 3.99. The van der Waals surface area contributed by atoms with E-state index in [2.05, 4.69) is 15.5 Å². The van der Waals surface area contributed by atoms with Crippen molar-refractivity contribution in [3.8, 4) is 11.4 Å². The second kappa shape index (κ2) is 7.28. The van der Waals surface area contributed by atoms with E-state index in [-0.39, 0.29) is 18.1 Å². The molecule has 8 nitrogen and oxygen atoms in total. The molecule has 0 aliphatic heterocycles. The summed E-state index contributed by atoms with van der Waals surface area (Å²) < 4.78 is 1.90. The first-order valence-electron chi connectivity index (χ1n) is 7.70. The molecular weight excluding hydrogens is 354 g/mol. The molecule has 132 valence electrons. The molecule has 1 heterocycles. The topological polar surface area (TPSA) is 106 Å². The third kappa shape index (κ3) is 3.83. The van der Waals surface area contributed by atoms with Crippen molar-refractivity contribution < 1.29 is 9.72 Å². The van der Waals surface area contributed by atoms with Gasteiger partial charge in [0, 0.05) is 23.4 Å². The molecular formula is C17H15N5O3S. The van der Waals surface area contributed by atoms with E-state index in [0.717, 1.165) is 11.1 Å². The first-order chi connectivity index (χ1) is 12.4. The van der Waals surface area contributed by atoms with Crippen molar-refractivity contribution in [2.75, 3.05) is 5.32 Å². The number of hydrogen-bond acceptors (Lipinski definition) is 5. The van der Waals surface area contributed by atoms with Gasteiger partial charge in [0.05, 0.1) is 4.92 Å². The molecule has 26 heavy (non-hydrogen) atoms. The van der Waals surface area contributed by atoms with Crippen LogP contribution in [0.3, 0.4) is 0 Å². The number of nitro groups is 1. The second-order valence-electron chi connectivity index (χ2n) is 5.66. The summed E-state index contributed by atoms with van der Waals surface area (Å²) in [5, 5.41) is 20.4. The zero-order chi connectivity index (χ0) is 18.7. The van der Waals surface area contributed by atoms with Gasteiger partial charge in [-0.2, -0.15) is 5.10 Å². The molecule has 0 aliphatic carbocycles. The molecule has 0 radical (unpaired) electrons. The van der Waals surface area contributed by atoms with Crippen LogP contribution in [-0.2, 0) is 11.3 Å². The lowest BCUT2D eigenvalue weighted by Crippen LogP contribution is -2.19. The van der Waals surface area contributed by atoms with Gasteiger partial charge in [-0.15, -0.1) is 0 Å². The van der Waals surface area contributed by atoms with Crippen molar-refractivity contribution in [1.82, 2.24) is 14.8 Å². The predicted octanol–water partition coefficient (Wildman–Crippen LogP) is 3.46. The molecule has 2 N–H and O–H groups in total. The monoisotopic (exact) mass is 369 g/mol. The number of benzene rings is 2. The highest BCUT2D eigenvalue weighted by Gasteiger charge is 2.14. The number of H-pyrrole nitrogens is 1. The molecule has 0 bridgehead atoms. The van der Waals surface area contributed by atoms with Crippen LogP contribution in [0, 0.1) is 21.8 Å². The second-order valence-corrected chi connectivity index (χ2v) is 6.05. The number of nitrogens with zero attached hydrogens (tertiary/aromatic N) is 3. The molecule has 3 rings (SSSR count). The Morgan fingerprint density at radius 1 is 1.31 bits per heavy atom. The Morgan fingerprint density at radius 3 is 2.81 bits per heavy atom. The largest absolute Gasteiger partial charge is 0.324 e. The van der Waals surface area contributed by atoms with Crippen molar-refractivity contribution in [3.05, 3.63) is 69.0 Å². The molecule has 9 heteroatoms. The zero-order valence-electron chi connectivity index (χ0n) is 13.8. The number of carbonyl (C=O) groups is 1. The molecule has 2 aromatic carbocycles. The van der Waals surface area contributed by atoms with Crippen molar-refractivity contribution in [3.63, 3.8) is 0 Å². The number of carbonyl (C=O) groups excluding carboxylic acids is 1. The van der Waals surface area contributed by atoms with E-state index in [1.807, 2.05) is 31.2 Å². The number of aryl methyl sites for hydroxylation is 1. The highest BCUT2D eigenvalue weighted by Crippen LogP contribution is 2.20. The van der Waals surface area contributed by atoms with Gasteiger partial charge < -0.3 is 5.32 Å². The average molecular weight is 369 g/mol.